The number of hydrogen-bond acceptors (Lipinski definition) is 3. The molecule has 0 saturated heterocycles. The fourth-order valence-electron chi connectivity index (χ4n) is 1.37. The van der Waals surface area contributed by atoms with Crippen LogP contribution in [-0.4, -0.2) is 13.3 Å². The molecule has 1 N–H and O–H groups in total. The van der Waals surface area contributed by atoms with Crippen molar-refractivity contribution in [1.29, 1.82) is 0 Å². The number of fused-ring (bicyclic) bond motifs is 1. The van der Waals surface area contributed by atoms with Crippen LogP contribution in [0.5, 0.6) is 0 Å². The molecular formula is C10H12N2S. The van der Waals surface area contributed by atoms with Gasteiger partial charge in [0, 0.05) is 24.3 Å². The van der Waals surface area contributed by atoms with E-state index in [4.69, 9.17) is 0 Å². The van der Waals surface area contributed by atoms with Crippen molar-refractivity contribution in [3.8, 4) is 0 Å². The Morgan fingerprint density at radius 2 is 2.23 bits per heavy atom. The third-order valence-corrected chi connectivity index (χ3v) is 2.85. The van der Waals surface area contributed by atoms with Crippen molar-refractivity contribution in [2.75, 3.05) is 23.5 Å². The maximum atomic E-state index is 3.21. The fourth-order valence-corrected chi connectivity index (χ4v) is 1.81. The highest BCUT2D eigenvalue weighted by Gasteiger charge is 2.08. The lowest BCUT2D eigenvalue weighted by atomic mass is 10.2. The van der Waals surface area contributed by atoms with E-state index in [1.807, 2.05) is 12.4 Å². The number of hydrogen-bond donors (Lipinski definition) is 1. The van der Waals surface area contributed by atoms with E-state index in [2.05, 4.69) is 41.7 Å². The quantitative estimate of drug-likeness (QED) is 0.689. The van der Waals surface area contributed by atoms with Crippen LogP contribution in [0.3, 0.4) is 0 Å². The lowest BCUT2D eigenvalue weighted by Gasteiger charge is -2.23. The van der Waals surface area contributed by atoms with Crippen LogP contribution in [0.25, 0.3) is 0 Å². The average Bonchev–Trinajstić information content (AvgIpc) is 2.18. The van der Waals surface area contributed by atoms with Crippen LogP contribution in [0.1, 0.15) is 0 Å². The number of thioether (sulfide) groups is 1. The summed E-state index contributed by atoms with van der Waals surface area (Å²) >= 11 is 1.77. The van der Waals surface area contributed by atoms with Crippen LogP contribution in [-0.2, 0) is 0 Å². The van der Waals surface area contributed by atoms with Crippen molar-refractivity contribution in [1.82, 2.24) is 0 Å². The van der Waals surface area contributed by atoms with E-state index in [1.54, 1.807) is 11.8 Å². The molecular weight excluding hydrogens is 180 g/mol. The van der Waals surface area contributed by atoms with Gasteiger partial charge in [-0.05, 0) is 24.5 Å². The summed E-state index contributed by atoms with van der Waals surface area (Å²) in [5.74, 6) is 0. The van der Waals surface area contributed by atoms with Crippen molar-refractivity contribution >= 4 is 23.1 Å². The van der Waals surface area contributed by atoms with E-state index in [1.165, 1.54) is 16.3 Å². The first kappa shape index (κ1) is 8.51. The van der Waals surface area contributed by atoms with Crippen LogP contribution < -0.4 is 10.2 Å². The Balaban J connectivity index is 2.45. The lowest BCUT2D eigenvalue weighted by Crippen LogP contribution is -2.14. The molecule has 2 rings (SSSR count). The number of nitrogens with one attached hydrogen (secondary N) is 1. The molecule has 3 heteroatoms. The topological polar surface area (TPSA) is 15.3 Å². The normalized spacial score (nSPS) is 13.8. The van der Waals surface area contributed by atoms with Gasteiger partial charge in [0.05, 0.1) is 11.4 Å². The van der Waals surface area contributed by atoms with Gasteiger partial charge < -0.3 is 10.2 Å². The predicted molar refractivity (Wildman–Crippen MR) is 59.4 cm³/mol. The van der Waals surface area contributed by atoms with Gasteiger partial charge in [0.2, 0.25) is 0 Å². The summed E-state index contributed by atoms with van der Waals surface area (Å²) in [5, 5.41) is 3.21. The van der Waals surface area contributed by atoms with Gasteiger partial charge in [-0.2, -0.15) is 0 Å². The minimum Gasteiger partial charge on any atom is -0.359 e. The Morgan fingerprint density at radius 1 is 1.38 bits per heavy atom. The summed E-state index contributed by atoms with van der Waals surface area (Å²) in [6.07, 6.45) is 6.06. The van der Waals surface area contributed by atoms with Gasteiger partial charge in [-0.15, -0.1) is 11.8 Å². The number of benzene rings is 1. The van der Waals surface area contributed by atoms with Crippen molar-refractivity contribution in [3.63, 3.8) is 0 Å². The van der Waals surface area contributed by atoms with Gasteiger partial charge in [-0.1, -0.05) is 0 Å². The molecule has 0 fully saturated rings. The Bertz CT molecular complexity index is 347. The van der Waals surface area contributed by atoms with Gasteiger partial charge >= 0.3 is 0 Å². The van der Waals surface area contributed by atoms with Crippen LogP contribution in [0.15, 0.2) is 35.5 Å². The SMILES string of the molecule is CSc1ccc2c(c1)N(C)C=CN2. The standard InChI is InChI=1S/C10H12N2S/c1-12-6-5-11-9-4-3-8(13-2)7-10(9)12/h3-7,11H,1-2H3. The number of nitrogens with zero attached hydrogens (tertiary/aromatic N) is 1. The largest absolute Gasteiger partial charge is 0.359 e. The zero-order valence-electron chi connectivity index (χ0n) is 7.74. The van der Waals surface area contributed by atoms with E-state index in [0.29, 0.717) is 0 Å². The first-order valence-corrected chi connectivity index (χ1v) is 5.38. The molecule has 2 nitrogen and oxygen atoms in total. The first-order valence-electron chi connectivity index (χ1n) is 4.15. The number of rotatable bonds is 1. The van der Waals surface area contributed by atoms with Crippen LogP contribution in [0, 0.1) is 0 Å². The average molecular weight is 192 g/mol. The predicted octanol–water partition coefficient (Wildman–Crippen LogP) is 2.74. The molecule has 0 aromatic heterocycles. The second-order valence-corrected chi connectivity index (χ2v) is 3.83. The highest BCUT2D eigenvalue weighted by molar-refractivity contribution is 7.98. The molecule has 0 spiro atoms. The van der Waals surface area contributed by atoms with Crippen molar-refractivity contribution < 1.29 is 0 Å². The van der Waals surface area contributed by atoms with E-state index in [9.17, 15) is 0 Å². The molecule has 1 aliphatic heterocycles. The molecule has 1 aliphatic rings. The van der Waals surface area contributed by atoms with Gasteiger partial charge in [-0.3, -0.25) is 0 Å². The van der Waals surface area contributed by atoms with Crippen molar-refractivity contribution in [2.24, 2.45) is 0 Å². The Labute approximate surface area is 82.6 Å². The third-order valence-electron chi connectivity index (χ3n) is 2.12. The maximum absolute atomic E-state index is 3.21. The molecule has 0 unspecified atom stereocenters. The molecule has 1 aromatic carbocycles. The molecule has 0 bridgehead atoms. The second kappa shape index (κ2) is 3.34. The molecule has 0 atom stereocenters. The van der Waals surface area contributed by atoms with E-state index in [0.717, 1.165) is 0 Å². The van der Waals surface area contributed by atoms with Gasteiger partial charge in [0.15, 0.2) is 0 Å². The Morgan fingerprint density at radius 3 is 3.00 bits per heavy atom. The summed E-state index contributed by atoms with van der Waals surface area (Å²) in [6, 6.07) is 6.43. The zero-order chi connectivity index (χ0) is 9.26. The lowest BCUT2D eigenvalue weighted by molar-refractivity contribution is 1.16. The van der Waals surface area contributed by atoms with Gasteiger partial charge in [0.1, 0.15) is 0 Å². The van der Waals surface area contributed by atoms with Crippen LogP contribution >= 0.6 is 11.8 Å². The Hall–Kier alpha value is -1.09. The molecule has 1 aromatic rings. The van der Waals surface area contributed by atoms with E-state index < -0.39 is 0 Å². The minimum atomic E-state index is 1.17. The molecule has 0 radical (unpaired) electrons. The monoisotopic (exact) mass is 192 g/mol. The third kappa shape index (κ3) is 1.52. The summed E-state index contributed by atoms with van der Waals surface area (Å²) in [7, 11) is 2.06. The van der Waals surface area contributed by atoms with E-state index >= 15 is 0 Å². The van der Waals surface area contributed by atoms with Gasteiger partial charge in [0.25, 0.3) is 0 Å². The maximum Gasteiger partial charge on any atom is 0.0654 e. The van der Waals surface area contributed by atoms with Crippen molar-refractivity contribution in [3.05, 3.63) is 30.6 Å². The number of anilines is 2. The van der Waals surface area contributed by atoms with Crippen molar-refractivity contribution in [2.45, 2.75) is 4.90 Å². The summed E-state index contributed by atoms with van der Waals surface area (Å²) in [5.41, 5.74) is 2.40. The van der Waals surface area contributed by atoms with Crippen LogP contribution in [0.2, 0.25) is 0 Å². The minimum absolute atomic E-state index is 1.17. The molecule has 68 valence electrons. The van der Waals surface area contributed by atoms with Gasteiger partial charge in [-0.25, -0.2) is 0 Å². The zero-order valence-corrected chi connectivity index (χ0v) is 8.56. The Kier molecular flexibility index (Phi) is 2.19. The van der Waals surface area contributed by atoms with Crippen LogP contribution in [0.4, 0.5) is 11.4 Å². The first-order chi connectivity index (χ1) is 6.31. The highest BCUT2D eigenvalue weighted by atomic mass is 32.2. The molecule has 1 heterocycles. The molecule has 0 amide bonds. The summed E-state index contributed by atoms with van der Waals surface area (Å²) in [6.45, 7) is 0. The summed E-state index contributed by atoms with van der Waals surface area (Å²) < 4.78 is 0. The molecule has 0 saturated carbocycles. The smallest absolute Gasteiger partial charge is 0.0654 e. The fraction of sp³-hybridized carbons (Fsp3) is 0.200. The molecule has 13 heavy (non-hydrogen) atoms. The molecule has 0 aliphatic carbocycles. The second-order valence-electron chi connectivity index (χ2n) is 2.95. The summed E-state index contributed by atoms with van der Waals surface area (Å²) in [4.78, 5) is 3.41. The highest BCUT2D eigenvalue weighted by Crippen LogP contribution is 2.31. The van der Waals surface area contributed by atoms with E-state index in [-0.39, 0.29) is 0 Å².